The topological polar surface area (TPSA) is 67.9 Å². The van der Waals surface area contributed by atoms with Crippen molar-refractivity contribution in [3.8, 4) is 11.5 Å². The molecule has 0 aromatic heterocycles. The van der Waals surface area contributed by atoms with E-state index in [0.717, 1.165) is 16.7 Å². The monoisotopic (exact) mass is 426 g/mol. The highest BCUT2D eigenvalue weighted by Crippen LogP contribution is 2.38. The van der Waals surface area contributed by atoms with Gasteiger partial charge < -0.3 is 14.8 Å². The number of hydrogen-bond donors (Lipinski definition) is 1. The fourth-order valence-corrected chi connectivity index (χ4v) is 4.03. The Morgan fingerprint density at radius 1 is 0.781 bits per heavy atom. The minimum atomic E-state index is -0.393. The van der Waals surface area contributed by atoms with Gasteiger partial charge in [-0.1, -0.05) is 47.5 Å². The lowest BCUT2D eigenvalue weighted by Crippen LogP contribution is -2.33. The number of carbonyl (C=O) groups is 2. The molecule has 0 atom stereocenters. The number of amides is 2. The smallest absolute Gasteiger partial charge is 0.282 e. The summed E-state index contributed by atoms with van der Waals surface area (Å²) >= 11 is 0. The van der Waals surface area contributed by atoms with Crippen LogP contribution in [0.2, 0.25) is 0 Å². The van der Waals surface area contributed by atoms with Gasteiger partial charge in [-0.2, -0.15) is 0 Å². The summed E-state index contributed by atoms with van der Waals surface area (Å²) in [4.78, 5) is 28.4. The molecule has 3 aromatic carbocycles. The third-order valence-electron chi connectivity index (χ3n) is 5.66. The van der Waals surface area contributed by atoms with E-state index in [1.54, 1.807) is 18.2 Å². The second-order valence-corrected chi connectivity index (χ2v) is 8.04. The zero-order valence-corrected chi connectivity index (χ0v) is 18.1. The van der Waals surface area contributed by atoms with E-state index in [4.69, 9.17) is 9.47 Å². The molecule has 0 radical (unpaired) electrons. The van der Waals surface area contributed by atoms with Crippen molar-refractivity contribution in [2.75, 3.05) is 17.0 Å². The number of rotatable bonds is 4. The van der Waals surface area contributed by atoms with Crippen molar-refractivity contribution in [2.24, 2.45) is 0 Å². The number of anilines is 2. The van der Waals surface area contributed by atoms with Gasteiger partial charge in [0.15, 0.2) is 11.5 Å². The van der Waals surface area contributed by atoms with Crippen molar-refractivity contribution < 1.29 is 19.1 Å². The summed E-state index contributed by atoms with van der Waals surface area (Å²) in [5, 5.41) is 3.18. The van der Waals surface area contributed by atoms with Gasteiger partial charge in [-0.15, -0.1) is 0 Å². The summed E-state index contributed by atoms with van der Waals surface area (Å²) in [7, 11) is 0. The van der Waals surface area contributed by atoms with Gasteiger partial charge in [0.1, 0.15) is 5.70 Å². The zero-order valence-electron chi connectivity index (χ0n) is 18.1. The quantitative estimate of drug-likeness (QED) is 0.611. The van der Waals surface area contributed by atoms with E-state index in [1.165, 1.54) is 4.90 Å². The Bertz CT molecular complexity index is 1290. The third kappa shape index (κ3) is 3.30. The second-order valence-electron chi connectivity index (χ2n) is 8.04. The van der Waals surface area contributed by atoms with Gasteiger partial charge in [-0.05, 0) is 50.1 Å². The van der Waals surface area contributed by atoms with Gasteiger partial charge in [-0.3, -0.25) is 9.59 Å². The molecule has 6 nitrogen and oxygen atoms in total. The number of nitrogens with zero attached hydrogens (tertiary/aromatic N) is 1. The zero-order chi connectivity index (χ0) is 22.4. The van der Waals surface area contributed by atoms with Crippen LogP contribution in [0, 0.1) is 20.8 Å². The van der Waals surface area contributed by atoms with E-state index in [9.17, 15) is 9.59 Å². The second kappa shape index (κ2) is 7.57. The fraction of sp³-hybridized carbons (Fsp3) is 0.154. The summed E-state index contributed by atoms with van der Waals surface area (Å²) in [6.45, 7) is 6.02. The largest absolute Gasteiger partial charge is 0.454 e. The summed E-state index contributed by atoms with van der Waals surface area (Å²) in [5.74, 6) is 0.494. The molecule has 1 N–H and O–H groups in total. The van der Waals surface area contributed by atoms with Crippen LogP contribution in [-0.2, 0) is 9.59 Å². The molecular formula is C26H22N2O4. The van der Waals surface area contributed by atoms with E-state index in [-0.39, 0.29) is 18.4 Å². The molecule has 5 rings (SSSR count). The fourth-order valence-electron chi connectivity index (χ4n) is 4.03. The maximum atomic E-state index is 13.6. The van der Waals surface area contributed by atoms with E-state index >= 15 is 0 Å². The van der Waals surface area contributed by atoms with E-state index in [2.05, 4.69) is 5.32 Å². The Morgan fingerprint density at radius 2 is 1.50 bits per heavy atom. The number of ether oxygens (including phenoxy) is 2. The van der Waals surface area contributed by atoms with E-state index in [1.807, 2.05) is 63.2 Å². The molecule has 0 spiro atoms. The van der Waals surface area contributed by atoms with Crippen molar-refractivity contribution in [3.05, 3.63) is 88.6 Å². The van der Waals surface area contributed by atoms with Crippen LogP contribution in [-0.4, -0.2) is 18.6 Å². The molecule has 0 fully saturated rings. The first-order valence-electron chi connectivity index (χ1n) is 10.4. The molecule has 160 valence electrons. The summed E-state index contributed by atoms with van der Waals surface area (Å²) in [6, 6.07) is 18.6. The standard InChI is InChI=1S/C26H22N2O4/c1-15-4-7-18(8-5-15)23-24(27-19-9-11-21-22(13-19)32-14-31-21)26(30)28(25(23)29)20-10-6-16(2)12-17(20)3/h4-13,27H,14H2,1-3H3. The molecule has 3 aromatic rings. The molecule has 2 aliphatic rings. The highest BCUT2D eigenvalue weighted by atomic mass is 16.7. The predicted octanol–water partition coefficient (Wildman–Crippen LogP) is 4.74. The van der Waals surface area contributed by atoms with Crippen molar-refractivity contribution >= 4 is 28.8 Å². The molecule has 0 aliphatic carbocycles. The summed E-state index contributed by atoms with van der Waals surface area (Å²) in [5.41, 5.74) is 5.47. The van der Waals surface area contributed by atoms with E-state index < -0.39 is 5.91 Å². The van der Waals surface area contributed by atoms with Gasteiger partial charge in [0.2, 0.25) is 6.79 Å². The van der Waals surface area contributed by atoms with Gasteiger partial charge in [0.05, 0.1) is 11.3 Å². The molecule has 0 bridgehead atoms. The first-order chi connectivity index (χ1) is 15.4. The van der Waals surface area contributed by atoms with Crippen LogP contribution in [0.1, 0.15) is 22.3 Å². The molecule has 6 heteroatoms. The van der Waals surface area contributed by atoms with Crippen LogP contribution in [0.15, 0.2) is 66.4 Å². The number of fused-ring (bicyclic) bond motifs is 1. The maximum absolute atomic E-state index is 13.6. The Labute approximate surface area is 186 Å². The number of imide groups is 1. The highest BCUT2D eigenvalue weighted by Gasteiger charge is 2.40. The van der Waals surface area contributed by atoms with Crippen LogP contribution < -0.4 is 19.7 Å². The van der Waals surface area contributed by atoms with Gasteiger partial charge >= 0.3 is 0 Å². The molecule has 0 saturated carbocycles. The first-order valence-corrected chi connectivity index (χ1v) is 10.4. The lowest BCUT2D eigenvalue weighted by atomic mass is 10.0. The Balaban J connectivity index is 1.61. The van der Waals surface area contributed by atoms with Crippen LogP contribution in [0.25, 0.3) is 5.57 Å². The van der Waals surface area contributed by atoms with Crippen molar-refractivity contribution in [1.29, 1.82) is 0 Å². The average molecular weight is 426 g/mol. The van der Waals surface area contributed by atoms with Gasteiger partial charge in [0.25, 0.3) is 11.8 Å². The predicted molar refractivity (Wildman–Crippen MR) is 123 cm³/mol. The minimum Gasteiger partial charge on any atom is -0.454 e. The normalized spacial score (nSPS) is 15.0. The minimum absolute atomic E-state index is 0.161. The molecule has 2 aliphatic heterocycles. The number of benzene rings is 3. The third-order valence-corrected chi connectivity index (χ3v) is 5.66. The van der Waals surface area contributed by atoms with Crippen LogP contribution in [0.3, 0.4) is 0 Å². The Kier molecular flexibility index (Phi) is 4.70. The van der Waals surface area contributed by atoms with Gasteiger partial charge in [0, 0.05) is 11.8 Å². The van der Waals surface area contributed by atoms with Crippen LogP contribution in [0.4, 0.5) is 11.4 Å². The summed E-state index contributed by atoms with van der Waals surface area (Å²) in [6.07, 6.45) is 0. The SMILES string of the molecule is Cc1ccc(C2=C(Nc3ccc4c(c3)OCO4)C(=O)N(c3ccc(C)cc3C)C2=O)cc1. The number of aryl methyl sites for hydroxylation is 3. The lowest BCUT2D eigenvalue weighted by molar-refractivity contribution is -0.120. The van der Waals surface area contributed by atoms with Crippen molar-refractivity contribution in [2.45, 2.75) is 20.8 Å². The highest BCUT2D eigenvalue weighted by molar-refractivity contribution is 6.46. The molecular weight excluding hydrogens is 404 g/mol. The molecule has 0 saturated heterocycles. The first kappa shape index (κ1) is 19.9. The Morgan fingerprint density at radius 3 is 2.25 bits per heavy atom. The van der Waals surface area contributed by atoms with Crippen molar-refractivity contribution in [1.82, 2.24) is 0 Å². The average Bonchev–Trinajstić information content (AvgIpc) is 3.32. The van der Waals surface area contributed by atoms with Crippen LogP contribution in [0.5, 0.6) is 11.5 Å². The number of nitrogens with one attached hydrogen (secondary N) is 1. The number of carbonyl (C=O) groups excluding carboxylic acids is 2. The van der Waals surface area contributed by atoms with Crippen molar-refractivity contribution in [3.63, 3.8) is 0 Å². The Hall–Kier alpha value is -4.06. The molecule has 2 amide bonds. The molecule has 0 unspecified atom stereocenters. The molecule has 2 heterocycles. The molecule has 32 heavy (non-hydrogen) atoms. The maximum Gasteiger partial charge on any atom is 0.282 e. The van der Waals surface area contributed by atoms with E-state index in [0.29, 0.717) is 34.0 Å². The number of hydrogen-bond acceptors (Lipinski definition) is 5. The van der Waals surface area contributed by atoms with Crippen LogP contribution >= 0.6 is 0 Å². The summed E-state index contributed by atoms with van der Waals surface area (Å²) < 4.78 is 10.8. The van der Waals surface area contributed by atoms with Gasteiger partial charge in [-0.25, -0.2) is 4.90 Å². The lowest BCUT2D eigenvalue weighted by Gasteiger charge is -2.18.